The van der Waals surface area contributed by atoms with Crippen molar-refractivity contribution < 1.29 is 53.2 Å². The van der Waals surface area contributed by atoms with E-state index in [1.54, 1.807) is 0 Å². The summed E-state index contributed by atoms with van der Waals surface area (Å²) in [5.74, 6) is -1.06. The van der Waals surface area contributed by atoms with Crippen molar-refractivity contribution in [2.24, 2.45) is 11.5 Å². The third kappa shape index (κ3) is 6.91. The Morgan fingerprint density at radius 2 is 1.41 bits per heavy atom. The quantitative estimate of drug-likeness (QED) is 0.0629. The van der Waals surface area contributed by atoms with Crippen LogP contribution in [0, 0.1) is 0 Å². The lowest BCUT2D eigenvalue weighted by Crippen LogP contribution is -2.39. The van der Waals surface area contributed by atoms with Crippen molar-refractivity contribution >= 4 is 47.8 Å². The molecule has 2 saturated heterocycles. The van der Waals surface area contributed by atoms with E-state index >= 15 is 0 Å². The van der Waals surface area contributed by atoms with Crippen molar-refractivity contribution in [1.82, 2.24) is 39.0 Å². The molecular formula is C25H35N12O11P. The Morgan fingerprint density at radius 1 is 0.857 bits per heavy atom. The number of anilines is 2. The molecule has 2 aliphatic heterocycles. The number of hydrogen-bond acceptors (Lipinski definition) is 19. The predicted molar refractivity (Wildman–Crippen MR) is 163 cm³/mol. The van der Waals surface area contributed by atoms with E-state index in [0.717, 1.165) is 0 Å². The van der Waals surface area contributed by atoms with Crippen molar-refractivity contribution in [2.75, 3.05) is 18.1 Å². The summed E-state index contributed by atoms with van der Waals surface area (Å²) in [6.07, 6.45) is -6.22. The highest BCUT2D eigenvalue weighted by Gasteiger charge is 2.51. The highest BCUT2D eigenvalue weighted by atomic mass is 31.2. The van der Waals surface area contributed by atoms with Gasteiger partial charge >= 0.3 is 13.8 Å². The molecule has 23 nitrogen and oxygen atoms in total. The topological polar surface area (TPSA) is 363 Å². The SMILES string of the molecule is Nc1ncnc2c1ncn2[C@@H]1O[C@H](COP(=O)(O)O[C@H]2[C@@H](O)[C@H](n3cnc4c(N)ncnc43)O[C@@H]2C[C@@H](N)CC[C@H](N)C(=O)O)[C@@H](O)[C@H]1O. The fourth-order valence-corrected chi connectivity index (χ4v) is 6.73. The maximum Gasteiger partial charge on any atom is 0.472 e. The van der Waals surface area contributed by atoms with Gasteiger partial charge in [0.25, 0.3) is 0 Å². The van der Waals surface area contributed by atoms with Crippen LogP contribution in [-0.2, 0) is 27.9 Å². The lowest BCUT2D eigenvalue weighted by molar-refractivity contribution is -0.138. The highest BCUT2D eigenvalue weighted by Crippen LogP contribution is 2.50. The number of aliphatic carboxylic acids is 1. The van der Waals surface area contributed by atoms with Crippen LogP contribution in [0.25, 0.3) is 22.3 Å². The van der Waals surface area contributed by atoms with Crippen LogP contribution >= 0.6 is 7.82 Å². The van der Waals surface area contributed by atoms with E-state index in [1.165, 1.54) is 34.4 Å². The number of aliphatic hydroxyl groups excluding tert-OH is 3. The Hall–Kier alpha value is -4.00. The molecule has 11 atom stereocenters. The normalized spacial score (nSPS) is 29.8. The van der Waals surface area contributed by atoms with Gasteiger partial charge in [0.2, 0.25) is 0 Å². The summed E-state index contributed by atoms with van der Waals surface area (Å²) in [6.45, 7) is -0.737. The van der Waals surface area contributed by atoms with E-state index in [4.69, 9.17) is 46.6 Å². The van der Waals surface area contributed by atoms with Gasteiger partial charge < -0.3 is 57.7 Å². The number of carboxylic acid groups (broad SMARTS) is 1. The second-order valence-corrected chi connectivity index (χ2v) is 13.0. The van der Waals surface area contributed by atoms with Gasteiger partial charge in [0.15, 0.2) is 35.4 Å². The molecule has 0 radical (unpaired) electrons. The number of imidazole rings is 2. The molecule has 1 unspecified atom stereocenters. The average Bonchev–Trinajstić information content (AvgIpc) is 3.82. The third-order valence-corrected chi connectivity index (χ3v) is 9.31. The largest absolute Gasteiger partial charge is 0.480 e. The van der Waals surface area contributed by atoms with Crippen LogP contribution in [0.2, 0.25) is 0 Å². The van der Waals surface area contributed by atoms with Crippen LogP contribution < -0.4 is 22.9 Å². The minimum Gasteiger partial charge on any atom is -0.480 e. The number of aromatic nitrogens is 8. The van der Waals surface area contributed by atoms with Gasteiger partial charge in [-0.05, 0) is 19.3 Å². The molecule has 2 fully saturated rings. The van der Waals surface area contributed by atoms with Gasteiger partial charge in [-0.3, -0.25) is 23.0 Å². The number of hydrogen-bond donors (Lipinski definition) is 9. The van der Waals surface area contributed by atoms with E-state index in [1.807, 2.05) is 0 Å². The predicted octanol–water partition coefficient (Wildman–Crippen LogP) is -2.88. The fourth-order valence-electron chi connectivity index (χ4n) is 5.76. The highest BCUT2D eigenvalue weighted by molar-refractivity contribution is 7.47. The first kappa shape index (κ1) is 34.8. The molecule has 0 bridgehead atoms. The number of nitrogens with two attached hydrogens (primary N) is 4. The summed E-state index contributed by atoms with van der Waals surface area (Å²) >= 11 is 0. The van der Waals surface area contributed by atoms with Crippen LogP contribution in [0.3, 0.4) is 0 Å². The lowest BCUT2D eigenvalue weighted by Gasteiger charge is -2.25. The van der Waals surface area contributed by atoms with E-state index in [0.29, 0.717) is 0 Å². The van der Waals surface area contributed by atoms with Crippen LogP contribution in [0.4, 0.5) is 11.6 Å². The van der Waals surface area contributed by atoms with Gasteiger partial charge in [-0.2, -0.15) is 0 Å². The number of rotatable bonds is 13. The first-order valence-electron chi connectivity index (χ1n) is 14.9. The summed E-state index contributed by atoms with van der Waals surface area (Å²) in [6, 6.07) is -1.90. The number of carboxylic acids is 1. The van der Waals surface area contributed by atoms with E-state index in [2.05, 4.69) is 29.9 Å². The first-order valence-corrected chi connectivity index (χ1v) is 16.4. The Labute approximate surface area is 275 Å². The summed E-state index contributed by atoms with van der Waals surface area (Å²) in [4.78, 5) is 46.1. The second kappa shape index (κ2) is 13.7. The zero-order valence-electron chi connectivity index (χ0n) is 25.4. The minimum atomic E-state index is -5.07. The smallest absolute Gasteiger partial charge is 0.472 e. The van der Waals surface area contributed by atoms with Gasteiger partial charge in [-0.1, -0.05) is 0 Å². The molecule has 13 N–H and O–H groups in total. The van der Waals surface area contributed by atoms with Gasteiger partial charge in [0.1, 0.15) is 60.2 Å². The monoisotopic (exact) mass is 710 g/mol. The molecule has 4 aromatic heterocycles. The molecule has 24 heteroatoms. The molecule has 0 saturated carbocycles. The van der Waals surface area contributed by atoms with E-state index < -0.39 is 81.6 Å². The van der Waals surface area contributed by atoms with Crippen molar-refractivity contribution in [3.63, 3.8) is 0 Å². The zero-order chi connectivity index (χ0) is 35.2. The maximum absolute atomic E-state index is 13.3. The Balaban J connectivity index is 1.17. The summed E-state index contributed by atoms with van der Waals surface area (Å²) in [7, 11) is -5.07. The van der Waals surface area contributed by atoms with Crippen molar-refractivity contribution in [3.05, 3.63) is 25.3 Å². The van der Waals surface area contributed by atoms with Crippen LogP contribution in [-0.4, -0.2) is 126 Å². The molecule has 2 aliphatic rings. The number of phosphoric ester groups is 1. The van der Waals surface area contributed by atoms with E-state index in [9.17, 15) is 29.6 Å². The summed E-state index contributed by atoms with van der Waals surface area (Å²) in [5, 5.41) is 41.9. The van der Waals surface area contributed by atoms with Crippen LogP contribution in [0.5, 0.6) is 0 Å². The molecular weight excluding hydrogens is 675 g/mol. The van der Waals surface area contributed by atoms with Crippen LogP contribution in [0.1, 0.15) is 31.7 Å². The number of nitrogens with zero attached hydrogens (tertiary/aromatic N) is 8. The van der Waals surface area contributed by atoms with Gasteiger partial charge in [0, 0.05) is 6.04 Å². The minimum absolute atomic E-state index is 0.0243. The van der Waals surface area contributed by atoms with Crippen molar-refractivity contribution in [3.8, 4) is 0 Å². The van der Waals surface area contributed by atoms with Crippen LogP contribution in [0.15, 0.2) is 25.3 Å². The molecule has 6 rings (SSSR count). The number of fused-ring (bicyclic) bond motifs is 2. The average molecular weight is 711 g/mol. The summed E-state index contributed by atoms with van der Waals surface area (Å²) in [5.41, 5.74) is 24.4. The molecule has 0 aliphatic carbocycles. The number of nitrogen functional groups attached to an aromatic ring is 2. The van der Waals surface area contributed by atoms with Gasteiger partial charge in [-0.25, -0.2) is 34.5 Å². The van der Waals surface area contributed by atoms with Gasteiger partial charge in [0.05, 0.1) is 25.4 Å². The third-order valence-electron chi connectivity index (χ3n) is 8.33. The fraction of sp³-hybridized carbons (Fsp3) is 0.560. The number of phosphoric acid groups is 1. The lowest BCUT2D eigenvalue weighted by atomic mass is 9.98. The maximum atomic E-state index is 13.3. The van der Waals surface area contributed by atoms with Crippen molar-refractivity contribution in [2.45, 2.75) is 80.4 Å². The number of ether oxygens (including phenoxy) is 2. The molecule has 266 valence electrons. The molecule has 0 amide bonds. The Morgan fingerprint density at radius 3 is 1.98 bits per heavy atom. The second-order valence-electron chi connectivity index (χ2n) is 11.6. The Kier molecular flexibility index (Phi) is 9.76. The zero-order valence-corrected chi connectivity index (χ0v) is 26.3. The molecule has 0 aromatic carbocycles. The molecule has 4 aromatic rings. The first-order chi connectivity index (χ1) is 23.3. The number of carbonyl (C=O) groups is 1. The Bertz CT molecular complexity index is 1860. The number of aliphatic hydroxyl groups is 3. The van der Waals surface area contributed by atoms with Crippen molar-refractivity contribution in [1.29, 1.82) is 0 Å². The van der Waals surface area contributed by atoms with Gasteiger partial charge in [-0.15, -0.1) is 0 Å². The molecule has 6 heterocycles. The standard InChI is InChI=1S/C25H35N12O11P/c26-9(1-2-10(27)25(41)42)3-11-18(17(40)24(46-11)37-8-35-14-20(29)31-6-33-22(14)37)48-49(43,44)45-4-12-15(38)16(39)23(47-12)36-7-34-13-19(28)30-5-32-21(13)36/h5-12,15-18,23-24,38-40H,1-4,26-27H2,(H,41,42)(H,43,44)(H2,28,30,32)(H2,29,31,33)/t9-,10-,11+,12+,15+,16+,17+,18+,23+,24+/m0/s1. The molecule has 0 spiro atoms. The van der Waals surface area contributed by atoms with E-state index in [-0.39, 0.29) is 53.2 Å². The summed E-state index contributed by atoms with van der Waals surface area (Å²) < 4.78 is 38.4. The molecule has 49 heavy (non-hydrogen) atoms.